The van der Waals surface area contributed by atoms with Gasteiger partial charge < -0.3 is 10.1 Å². The van der Waals surface area contributed by atoms with Gasteiger partial charge in [-0.25, -0.2) is 4.98 Å². The Bertz CT molecular complexity index is 560. The highest BCUT2D eigenvalue weighted by molar-refractivity contribution is 6.32. The molecule has 0 atom stereocenters. The predicted molar refractivity (Wildman–Crippen MR) is 77.0 cm³/mol. The number of methoxy groups -OCH3 is 1. The van der Waals surface area contributed by atoms with Gasteiger partial charge in [0.05, 0.1) is 13.3 Å². The van der Waals surface area contributed by atoms with Crippen LogP contribution in [0.1, 0.15) is 11.1 Å². The molecule has 0 unspecified atom stereocenters. The first-order valence-corrected chi connectivity index (χ1v) is 6.43. The van der Waals surface area contributed by atoms with Crippen LogP contribution < -0.4 is 10.1 Å². The van der Waals surface area contributed by atoms with Crippen molar-refractivity contribution in [1.82, 2.24) is 9.97 Å². The average molecular weight is 278 g/mol. The van der Waals surface area contributed by atoms with Crippen LogP contribution in [-0.2, 0) is 6.42 Å². The van der Waals surface area contributed by atoms with E-state index in [1.54, 1.807) is 0 Å². The highest BCUT2D eigenvalue weighted by atomic mass is 35.5. The van der Waals surface area contributed by atoms with Crippen molar-refractivity contribution in [3.63, 3.8) is 0 Å². The lowest BCUT2D eigenvalue weighted by Crippen LogP contribution is -2.08. The molecule has 0 aliphatic heterocycles. The molecule has 1 aromatic carbocycles. The van der Waals surface area contributed by atoms with Crippen LogP contribution in [0.25, 0.3) is 0 Å². The molecule has 0 bridgehead atoms. The van der Waals surface area contributed by atoms with Crippen molar-refractivity contribution >= 4 is 17.4 Å². The van der Waals surface area contributed by atoms with Crippen LogP contribution in [0.2, 0.25) is 5.02 Å². The van der Waals surface area contributed by atoms with Gasteiger partial charge >= 0.3 is 6.01 Å². The first-order chi connectivity index (χ1) is 9.19. The van der Waals surface area contributed by atoms with Crippen molar-refractivity contribution in [1.29, 1.82) is 0 Å². The monoisotopic (exact) mass is 277 g/mol. The summed E-state index contributed by atoms with van der Waals surface area (Å²) in [6, 6.07) is 8.73. The summed E-state index contributed by atoms with van der Waals surface area (Å²) in [6.07, 6.45) is 2.44. The van der Waals surface area contributed by atoms with E-state index >= 15 is 0 Å². The molecule has 0 aliphatic rings. The minimum Gasteiger partial charge on any atom is -0.467 e. The Morgan fingerprint density at radius 2 is 2.21 bits per heavy atom. The Morgan fingerprint density at radius 1 is 1.37 bits per heavy atom. The van der Waals surface area contributed by atoms with Gasteiger partial charge in [0.1, 0.15) is 5.02 Å². The van der Waals surface area contributed by atoms with E-state index < -0.39 is 0 Å². The van der Waals surface area contributed by atoms with Crippen LogP contribution in [0.4, 0.5) is 5.82 Å². The maximum atomic E-state index is 6.02. The minimum absolute atomic E-state index is 0.308. The van der Waals surface area contributed by atoms with Crippen LogP contribution in [0, 0.1) is 6.92 Å². The smallest absolute Gasteiger partial charge is 0.318 e. The highest BCUT2D eigenvalue weighted by Crippen LogP contribution is 2.20. The Kier molecular flexibility index (Phi) is 4.58. The zero-order valence-corrected chi connectivity index (χ0v) is 11.7. The molecule has 1 heterocycles. The van der Waals surface area contributed by atoms with Gasteiger partial charge in [-0.3, -0.25) is 0 Å². The lowest BCUT2D eigenvalue weighted by molar-refractivity contribution is 0.380. The molecule has 0 fully saturated rings. The Hall–Kier alpha value is -1.81. The number of nitrogens with zero attached hydrogens (tertiary/aromatic N) is 2. The van der Waals surface area contributed by atoms with Crippen molar-refractivity contribution < 1.29 is 4.74 Å². The van der Waals surface area contributed by atoms with Gasteiger partial charge in [0.25, 0.3) is 0 Å². The summed E-state index contributed by atoms with van der Waals surface area (Å²) in [5.41, 5.74) is 2.55. The fourth-order valence-corrected chi connectivity index (χ4v) is 1.92. The molecule has 0 aliphatic carbocycles. The fraction of sp³-hybridized carbons (Fsp3) is 0.286. The summed E-state index contributed by atoms with van der Waals surface area (Å²) >= 11 is 6.02. The molecule has 2 rings (SSSR count). The third-order valence-corrected chi connectivity index (χ3v) is 2.97. The van der Waals surface area contributed by atoms with Crippen molar-refractivity contribution in [2.45, 2.75) is 13.3 Å². The van der Waals surface area contributed by atoms with Crippen molar-refractivity contribution in [3.05, 3.63) is 46.6 Å². The van der Waals surface area contributed by atoms with Gasteiger partial charge in [-0.15, -0.1) is 0 Å². The number of anilines is 1. The maximum Gasteiger partial charge on any atom is 0.318 e. The van der Waals surface area contributed by atoms with E-state index in [0.29, 0.717) is 16.9 Å². The van der Waals surface area contributed by atoms with Gasteiger partial charge in [0, 0.05) is 6.54 Å². The average Bonchev–Trinajstić information content (AvgIpc) is 2.41. The van der Waals surface area contributed by atoms with Crippen molar-refractivity contribution in [2.24, 2.45) is 0 Å². The molecule has 0 saturated carbocycles. The zero-order valence-electron chi connectivity index (χ0n) is 11.0. The number of aromatic nitrogens is 2. The fourth-order valence-electron chi connectivity index (χ4n) is 1.77. The molecule has 0 radical (unpaired) electrons. The Morgan fingerprint density at radius 3 is 2.95 bits per heavy atom. The molecule has 1 N–H and O–H groups in total. The number of benzene rings is 1. The van der Waals surface area contributed by atoms with Gasteiger partial charge in [0.15, 0.2) is 5.82 Å². The number of hydrogen-bond donors (Lipinski definition) is 1. The van der Waals surface area contributed by atoms with Crippen molar-refractivity contribution in [2.75, 3.05) is 19.0 Å². The normalized spacial score (nSPS) is 10.3. The molecule has 0 spiro atoms. The molecule has 0 amide bonds. The summed E-state index contributed by atoms with van der Waals surface area (Å²) in [5, 5.41) is 3.68. The zero-order chi connectivity index (χ0) is 13.7. The van der Waals surface area contributed by atoms with E-state index in [9.17, 15) is 0 Å². The van der Waals surface area contributed by atoms with Gasteiger partial charge in [-0.2, -0.15) is 4.98 Å². The second-order valence-electron chi connectivity index (χ2n) is 4.22. The largest absolute Gasteiger partial charge is 0.467 e. The lowest BCUT2D eigenvalue weighted by atomic mass is 10.1. The van der Waals surface area contributed by atoms with Crippen LogP contribution in [-0.4, -0.2) is 23.6 Å². The van der Waals surface area contributed by atoms with Crippen LogP contribution in [0.15, 0.2) is 30.5 Å². The summed E-state index contributed by atoms with van der Waals surface area (Å²) in [5.74, 6) is 0.598. The summed E-state index contributed by atoms with van der Waals surface area (Å²) in [4.78, 5) is 8.09. The number of nitrogens with one attached hydrogen (secondary N) is 1. The molecular formula is C14H16ClN3O. The number of halogens is 1. The third kappa shape index (κ3) is 3.83. The molecule has 19 heavy (non-hydrogen) atoms. The topological polar surface area (TPSA) is 47.0 Å². The standard InChI is InChI=1S/C14H16ClN3O/c1-10-4-3-5-11(8-10)6-7-16-13-12(15)9-17-14(18-13)19-2/h3-5,8-9H,6-7H2,1-2H3,(H,16,17,18). The summed E-state index contributed by atoms with van der Waals surface area (Å²) in [6.45, 7) is 2.84. The van der Waals surface area contributed by atoms with E-state index in [2.05, 4.69) is 46.5 Å². The maximum absolute atomic E-state index is 6.02. The predicted octanol–water partition coefficient (Wildman–Crippen LogP) is 3.10. The molecule has 5 heteroatoms. The second kappa shape index (κ2) is 6.38. The van der Waals surface area contributed by atoms with Crippen molar-refractivity contribution in [3.8, 4) is 6.01 Å². The molecular weight excluding hydrogens is 262 g/mol. The quantitative estimate of drug-likeness (QED) is 0.912. The summed E-state index contributed by atoms with van der Waals surface area (Å²) < 4.78 is 4.97. The lowest BCUT2D eigenvalue weighted by Gasteiger charge is -2.08. The number of ether oxygens (including phenoxy) is 1. The molecule has 100 valence electrons. The van der Waals surface area contributed by atoms with E-state index in [4.69, 9.17) is 16.3 Å². The van der Waals surface area contributed by atoms with E-state index in [-0.39, 0.29) is 0 Å². The first-order valence-electron chi connectivity index (χ1n) is 6.05. The summed E-state index contributed by atoms with van der Waals surface area (Å²) in [7, 11) is 1.53. The van der Waals surface area contributed by atoms with E-state index in [1.807, 2.05) is 0 Å². The van der Waals surface area contributed by atoms with Crippen LogP contribution in [0.3, 0.4) is 0 Å². The Labute approximate surface area is 117 Å². The molecule has 0 saturated heterocycles. The highest BCUT2D eigenvalue weighted by Gasteiger charge is 2.05. The molecule has 4 nitrogen and oxygen atoms in total. The van der Waals surface area contributed by atoms with Gasteiger partial charge in [0.2, 0.25) is 0 Å². The number of hydrogen-bond acceptors (Lipinski definition) is 4. The van der Waals surface area contributed by atoms with Crippen LogP contribution in [0.5, 0.6) is 6.01 Å². The molecule has 1 aromatic heterocycles. The van der Waals surface area contributed by atoms with Gasteiger partial charge in [-0.05, 0) is 18.9 Å². The molecule has 2 aromatic rings. The third-order valence-electron chi connectivity index (χ3n) is 2.69. The SMILES string of the molecule is COc1ncc(Cl)c(NCCc2cccc(C)c2)n1. The Balaban J connectivity index is 1.95. The van der Waals surface area contributed by atoms with E-state index in [0.717, 1.165) is 13.0 Å². The van der Waals surface area contributed by atoms with E-state index in [1.165, 1.54) is 24.4 Å². The second-order valence-corrected chi connectivity index (χ2v) is 4.63. The number of rotatable bonds is 5. The first kappa shape index (κ1) is 13.6. The minimum atomic E-state index is 0.308. The van der Waals surface area contributed by atoms with Crippen LogP contribution >= 0.6 is 11.6 Å². The number of aryl methyl sites for hydroxylation is 1. The van der Waals surface area contributed by atoms with Gasteiger partial charge in [-0.1, -0.05) is 41.4 Å².